The lowest BCUT2D eigenvalue weighted by molar-refractivity contribution is -0.122. The van der Waals surface area contributed by atoms with Crippen molar-refractivity contribution in [3.05, 3.63) is 53.1 Å². The third-order valence-electron chi connectivity index (χ3n) is 3.43. The SMILES string of the molecule is CC[C@@H](Oc1cccc(OC)c1)C(=O)Nc1ccc(Cl)cc1C. The van der Waals surface area contributed by atoms with Crippen LogP contribution in [-0.4, -0.2) is 19.1 Å². The summed E-state index contributed by atoms with van der Waals surface area (Å²) >= 11 is 5.93. The van der Waals surface area contributed by atoms with E-state index >= 15 is 0 Å². The van der Waals surface area contributed by atoms with E-state index in [2.05, 4.69) is 5.32 Å². The van der Waals surface area contributed by atoms with Gasteiger partial charge in [-0.2, -0.15) is 0 Å². The van der Waals surface area contributed by atoms with Gasteiger partial charge in [0, 0.05) is 16.8 Å². The predicted molar refractivity (Wildman–Crippen MR) is 92.5 cm³/mol. The van der Waals surface area contributed by atoms with E-state index in [4.69, 9.17) is 21.1 Å². The highest BCUT2D eigenvalue weighted by molar-refractivity contribution is 6.30. The molecular formula is C18H20ClNO3. The largest absolute Gasteiger partial charge is 0.497 e. The van der Waals surface area contributed by atoms with Crippen molar-refractivity contribution in [2.24, 2.45) is 0 Å². The summed E-state index contributed by atoms with van der Waals surface area (Å²) in [5.74, 6) is 1.09. The molecule has 0 fully saturated rings. The number of rotatable bonds is 6. The molecule has 4 nitrogen and oxygen atoms in total. The zero-order chi connectivity index (χ0) is 16.8. The molecule has 122 valence electrons. The molecule has 1 N–H and O–H groups in total. The summed E-state index contributed by atoms with van der Waals surface area (Å²) in [6.45, 7) is 3.80. The van der Waals surface area contributed by atoms with Crippen LogP contribution < -0.4 is 14.8 Å². The number of ether oxygens (including phenoxy) is 2. The third kappa shape index (κ3) is 4.63. The molecule has 0 bridgehead atoms. The van der Waals surface area contributed by atoms with Gasteiger partial charge >= 0.3 is 0 Å². The van der Waals surface area contributed by atoms with Gasteiger partial charge in [-0.25, -0.2) is 0 Å². The fourth-order valence-electron chi connectivity index (χ4n) is 2.14. The fourth-order valence-corrected chi connectivity index (χ4v) is 2.37. The number of amides is 1. The molecule has 0 saturated heterocycles. The number of aryl methyl sites for hydroxylation is 1. The first-order valence-corrected chi connectivity index (χ1v) is 7.79. The Morgan fingerprint density at radius 1 is 1.22 bits per heavy atom. The minimum atomic E-state index is -0.586. The lowest BCUT2D eigenvalue weighted by Gasteiger charge is -2.18. The highest BCUT2D eigenvalue weighted by Crippen LogP contribution is 2.23. The van der Waals surface area contributed by atoms with Crippen molar-refractivity contribution < 1.29 is 14.3 Å². The molecule has 0 aliphatic carbocycles. The van der Waals surface area contributed by atoms with Gasteiger partial charge in [-0.15, -0.1) is 0 Å². The summed E-state index contributed by atoms with van der Waals surface area (Å²) in [7, 11) is 1.59. The van der Waals surface area contributed by atoms with Gasteiger partial charge < -0.3 is 14.8 Å². The standard InChI is InChI=1S/C18H20ClNO3/c1-4-17(23-15-7-5-6-14(11-15)22-3)18(21)20-16-9-8-13(19)10-12(16)2/h5-11,17H,4H2,1-3H3,(H,20,21)/t17-/m1/s1. The normalized spacial score (nSPS) is 11.7. The summed E-state index contributed by atoms with van der Waals surface area (Å²) in [6, 6.07) is 12.5. The van der Waals surface area contributed by atoms with Crippen LogP contribution in [-0.2, 0) is 4.79 Å². The second-order valence-electron chi connectivity index (χ2n) is 5.14. The van der Waals surface area contributed by atoms with Crippen molar-refractivity contribution in [3.8, 4) is 11.5 Å². The number of benzene rings is 2. The predicted octanol–water partition coefficient (Wildman–Crippen LogP) is 4.45. The van der Waals surface area contributed by atoms with Gasteiger partial charge in [-0.3, -0.25) is 4.79 Å². The minimum Gasteiger partial charge on any atom is -0.497 e. The van der Waals surface area contributed by atoms with Crippen LogP contribution in [0, 0.1) is 6.92 Å². The highest BCUT2D eigenvalue weighted by atomic mass is 35.5. The molecule has 1 amide bonds. The van der Waals surface area contributed by atoms with Crippen molar-refractivity contribution in [1.82, 2.24) is 0 Å². The van der Waals surface area contributed by atoms with E-state index in [9.17, 15) is 4.79 Å². The molecule has 0 spiro atoms. The minimum absolute atomic E-state index is 0.194. The Balaban J connectivity index is 2.08. The number of hydrogen-bond donors (Lipinski definition) is 1. The van der Waals surface area contributed by atoms with E-state index in [1.54, 1.807) is 37.4 Å². The summed E-state index contributed by atoms with van der Waals surface area (Å²) in [5, 5.41) is 3.52. The van der Waals surface area contributed by atoms with E-state index in [1.165, 1.54) is 0 Å². The Labute approximate surface area is 141 Å². The van der Waals surface area contributed by atoms with Gasteiger partial charge in [0.25, 0.3) is 5.91 Å². The zero-order valence-corrected chi connectivity index (χ0v) is 14.2. The van der Waals surface area contributed by atoms with Gasteiger partial charge in [0.1, 0.15) is 11.5 Å². The number of carbonyl (C=O) groups is 1. The average molecular weight is 334 g/mol. The van der Waals surface area contributed by atoms with Gasteiger partial charge in [-0.1, -0.05) is 24.6 Å². The van der Waals surface area contributed by atoms with E-state index in [0.717, 1.165) is 11.3 Å². The molecule has 1 atom stereocenters. The number of anilines is 1. The van der Waals surface area contributed by atoms with Gasteiger partial charge in [0.05, 0.1) is 7.11 Å². The van der Waals surface area contributed by atoms with Crippen LogP contribution in [0.2, 0.25) is 5.02 Å². The van der Waals surface area contributed by atoms with Gasteiger partial charge in [-0.05, 0) is 49.2 Å². The van der Waals surface area contributed by atoms with Crippen molar-refractivity contribution in [3.63, 3.8) is 0 Å². The van der Waals surface area contributed by atoms with Crippen LogP contribution in [0.4, 0.5) is 5.69 Å². The molecule has 0 aliphatic rings. The number of hydrogen-bond acceptors (Lipinski definition) is 3. The van der Waals surface area contributed by atoms with Gasteiger partial charge in [0.15, 0.2) is 6.10 Å². The zero-order valence-electron chi connectivity index (χ0n) is 13.4. The summed E-state index contributed by atoms with van der Waals surface area (Å²) < 4.78 is 10.9. The molecule has 5 heteroatoms. The first-order valence-electron chi connectivity index (χ1n) is 7.41. The molecule has 2 aromatic rings. The Bertz CT molecular complexity index is 688. The molecule has 0 aromatic heterocycles. The Morgan fingerprint density at radius 3 is 2.61 bits per heavy atom. The highest BCUT2D eigenvalue weighted by Gasteiger charge is 2.19. The van der Waals surface area contributed by atoms with Crippen LogP contribution in [0.5, 0.6) is 11.5 Å². The second kappa shape index (κ2) is 7.88. The van der Waals surface area contributed by atoms with Crippen LogP contribution in [0.15, 0.2) is 42.5 Å². The van der Waals surface area contributed by atoms with Gasteiger partial charge in [0.2, 0.25) is 0 Å². The number of nitrogens with one attached hydrogen (secondary N) is 1. The molecule has 0 radical (unpaired) electrons. The van der Waals surface area contributed by atoms with E-state index < -0.39 is 6.10 Å². The van der Waals surface area contributed by atoms with Crippen LogP contribution in [0.1, 0.15) is 18.9 Å². The molecule has 0 heterocycles. The molecule has 0 unspecified atom stereocenters. The molecular weight excluding hydrogens is 314 g/mol. The maximum atomic E-state index is 12.4. The van der Waals surface area contributed by atoms with E-state index in [0.29, 0.717) is 22.9 Å². The number of carbonyl (C=O) groups excluding carboxylic acids is 1. The smallest absolute Gasteiger partial charge is 0.265 e. The van der Waals surface area contributed by atoms with Crippen molar-refractivity contribution in [2.45, 2.75) is 26.4 Å². The monoisotopic (exact) mass is 333 g/mol. The van der Waals surface area contributed by atoms with Crippen LogP contribution in [0.3, 0.4) is 0 Å². The second-order valence-corrected chi connectivity index (χ2v) is 5.58. The number of methoxy groups -OCH3 is 1. The average Bonchev–Trinajstić information content (AvgIpc) is 2.55. The third-order valence-corrected chi connectivity index (χ3v) is 3.66. The first kappa shape index (κ1) is 17.2. The Kier molecular flexibility index (Phi) is 5.88. The molecule has 23 heavy (non-hydrogen) atoms. The topological polar surface area (TPSA) is 47.6 Å². The lowest BCUT2D eigenvalue weighted by atomic mass is 10.2. The molecule has 2 aromatic carbocycles. The summed E-state index contributed by atoms with van der Waals surface area (Å²) in [4.78, 5) is 12.4. The quantitative estimate of drug-likeness (QED) is 0.849. The maximum absolute atomic E-state index is 12.4. The Hall–Kier alpha value is -2.20. The van der Waals surface area contributed by atoms with Crippen molar-refractivity contribution in [2.75, 3.05) is 12.4 Å². The van der Waals surface area contributed by atoms with E-state index in [-0.39, 0.29) is 5.91 Å². The lowest BCUT2D eigenvalue weighted by Crippen LogP contribution is -2.32. The number of halogens is 1. The van der Waals surface area contributed by atoms with Crippen molar-refractivity contribution in [1.29, 1.82) is 0 Å². The van der Waals surface area contributed by atoms with Crippen molar-refractivity contribution >= 4 is 23.2 Å². The molecule has 0 aliphatic heterocycles. The molecule has 0 saturated carbocycles. The first-order chi connectivity index (χ1) is 11.0. The van der Waals surface area contributed by atoms with Crippen LogP contribution in [0.25, 0.3) is 0 Å². The maximum Gasteiger partial charge on any atom is 0.265 e. The fraction of sp³-hybridized carbons (Fsp3) is 0.278. The van der Waals surface area contributed by atoms with E-state index in [1.807, 2.05) is 26.0 Å². The Morgan fingerprint density at radius 2 is 1.96 bits per heavy atom. The molecule has 2 rings (SSSR count). The van der Waals surface area contributed by atoms with Crippen LogP contribution >= 0.6 is 11.6 Å². The summed E-state index contributed by atoms with van der Waals surface area (Å²) in [6.07, 6.45) is -0.0347. The summed E-state index contributed by atoms with van der Waals surface area (Å²) in [5.41, 5.74) is 1.63.